The summed E-state index contributed by atoms with van der Waals surface area (Å²) in [5.41, 5.74) is 2.71. The van der Waals surface area contributed by atoms with Gasteiger partial charge in [0.15, 0.2) is 5.13 Å². The van der Waals surface area contributed by atoms with Crippen molar-refractivity contribution in [3.8, 4) is 22.6 Å². The molecule has 2 heterocycles. The Bertz CT molecular complexity index is 1090. The lowest BCUT2D eigenvalue weighted by Crippen LogP contribution is -2.11. The van der Waals surface area contributed by atoms with Crippen LogP contribution >= 0.6 is 22.9 Å². The monoisotopic (exact) mass is 424 g/mol. The van der Waals surface area contributed by atoms with Crippen LogP contribution in [-0.2, 0) is 11.2 Å². The number of aromatic nitrogens is 3. The molecule has 4 aromatic rings. The Morgan fingerprint density at radius 3 is 2.62 bits per heavy atom. The van der Waals surface area contributed by atoms with Crippen molar-refractivity contribution in [2.75, 3.05) is 5.32 Å². The van der Waals surface area contributed by atoms with Gasteiger partial charge in [0.2, 0.25) is 17.6 Å². The number of carbonyl (C=O) groups excluding carboxylic acids is 1. The minimum atomic E-state index is -0.0867. The molecule has 0 fully saturated rings. The second-order valence-corrected chi connectivity index (χ2v) is 7.62. The van der Waals surface area contributed by atoms with Crippen LogP contribution in [0.3, 0.4) is 0 Å². The first-order valence-corrected chi connectivity index (χ1v) is 10.3. The van der Waals surface area contributed by atoms with Gasteiger partial charge in [-0.15, -0.1) is 11.3 Å². The van der Waals surface area contributed by atoms with Crippen molar-refractivity contribution in [3.05, 3.63) is 70.9 Å². The number of rotatable bonds is 7. The number of nitrogens with zero attached hydrogens (tertiary/aromatic N) is 3. The van der Waals surface area contributed by atoms with E-state index in [0.29, 0.717) is 41.1 Å². The number of thiazole rings is 1. The van der Waals surface area contributed by atoms with Crippen LogP contribution in [0.1, 0.15) is 18.7 Å². The maximum Gasteiger partial charge on any atom is 0.226 e. The highest BCUT2D eigenvalue weighted by atomic mass is 35.5. The number of nitrogens with one attached hydrogen (secondary N) is 1. The SMILES string of the molecule is O=C(CCCc1nc(-c2ccc(Cl)cc2)no1)Nc1nc(-c2ccccc2)cs1. The van der Waals surface area contributed by atoms with E-state index in [2.05, 4.69) is 20.4 Å². The van der Waals surface area contributed by atoms with Crippen LogP contribution in [0.2, 0.25) is 5.02 Å². The number of hydrogen-bond acceptors (Lipinski definition) is 6. The lowest BCUT2D eigenvalue weighted by molar-refractivity contribution is -0.116. The lowest BCUT2D eigenvalue weighted by Gasteiger charge is -2.00. The van der Waals surface area contributed by atoms with Gasteiger partial charge in [-0.3, -0.25) is 4.79 Å². The number of benzene rings is 2. The fraction of sp³-hybridized carbons (Fsp3) is 0.143. The van der Waals surface area contributed by atoms with Crippen molar-refractivity contribution in [1.29, 1.82) is 0 Å². The molecule has 0 bridgehead atoms. The van der Waals surface area contributed by atoms with Gasteiger partial charge < -0.3 is 9.84 Å². The first-order valence-electron chi connectivity index (χ1n) is 9.07. The molecule has 1 amide bonds. The Kier molecular flexibility index (Phi) is 5.97. The maximum absolute atomic E-state index is 12.2. The van der Waals surface area contributed by atoms with Crippen molar-refractivity contribution in [3.63, 3.8) is 0 Å². The summed E-state index contributed by atoms with van der Waals surface area (Å²) in [4.78, 5) is 21.0. The summed E-state index contributed by atoms with van der Waals surface area (Å²) < 4.78 is 5.27. The predicted molar refractivity (Wildman–Crippen MR) is 114 cm³/mol. The molecular weight excluding hydrogens is 408 g/mol. The van der Waals surface area contributed by atoms with E-state index in [0.717, 1.165) is 16.8 Å². The summed E-state index contributed by atoms with van der Waals surface area (Å²) in [5, 5.41) is 10.00. The topological polar surface area (TPSA) is 80.9 Å². The van der Waals surface area contributed by atoms with Gasteiger partial charge in [-0.1, -0.05) is 47.1 Å². The molecule has 0 unspecified atom stereocenters. The molecule has 0 aliphatic heterocycles. The van der Waals surface area contributed by atoms with E-state index in [1.807, 2.05) is 47.8 Å². The molecule has 0 radical (unpaired) electrons. The van der Waals surface area contributed by atoms with Gasteiger partial charge in [-0.05, 0) is 30.7 Å². The van der Waals surface area contributed by atoms with E-state index in [9.17, 15) is 4.79 Å². The smallest absolute Gasteiger partial charge is 0.226 e. The molecule has 2 aromatic carbocycles. The molecule has 2 aromatic heterocycles. The number of hydrogen-bond donors (Lipinski definition) is 1. The Balaban J connectivity index is 1.26. The summed E-state index contributed by atoms with van der Waals surface area (Å²) in [5.74, 6) is 0.928. The van der Waals surface area contributed by atoms with Crippen LogP contribution in [-0.4, -0.2) is 21.0 Å². The van der Waals surface area contributed by atoms with Crippen LogP contribution in [0, 0.1) is 0 Å². The minimum Gasteiger partial charge on any atom is -0.339 e. The summed E-state index contributed by atoms with van der Waals surface area (Å²) in [6, 6.07) is 17.1. The first-order chi connectivity index (χ1) is 14.2. The Labute approximate surface area is 176 Å². The summed E-state index contributed by atoms with van der Waals surface area (Å²) in [7, 11) is 0. The third-order valence-electron chi connectivity index (χ3n) is 4.19. The minimum absolute atomic E-state index is 0.0867. The fourth-order valence-corrected chi connectivity index (χ4v) is 3.59. The summed E-state index contributed by atoms with van der Waals surface area (Å²) in [6.45, 7) is 0. The van der Waals surface area contributed by atoms with E-state index < -0.39 is 0 Å². The van der Waals surface area contributed by atoms with E-state index in [1.165, 1.54) is 11.3 Å². The number of halogens is 1. The van der Waals surface area contributed by atoms with Crippen LogP contribution in [0.4, 0.5) is 5.13 Å². The van der Waals surface area contributed by atoms with Crippen LogP contribution in [0.15, 0.2) is 64.5 Å². The van der Waals surface area contributed by atoms with Gasteiger partial charge in [0.1, 0.15) is 0 Å². The fourth-order valence-electron chi connectivity index (χ4n) is 2.73. The van der Waals surface area contributed by atoms with Crippen molar-refractivity contribution in [2.24, 2.45) is 0 Å². The average Bonchev–Trinajstić information content (AvgIpc) is 3.39. The van der Waals surface area contributed by atoms with Gasteiger partial charge in [0.05, 0.1) is 5.69 Å². The Morgan fingerprint density at radius 1 is 1.03 bits per heavy atom. The largest absolute Gasteiger partial charge is 0.339 e. The van der Waals surface area contributed by atoms with Crippen molar-refractivity contribution in [1.82, 2.24) is 15.1 Å². The summed E-state index contributed by atoms with van der Waals surface area (Å²) >= 11 is 7.30. The maximum atomic E-state index is 12.2. The molecular formula is C21H17ClN4O2S. The zero-order valence-corrected chi connectivity index (χ0v) is 16.9. The lowest BCUT2D eigenvalue weighted by atomic mass is 10.2. The second-order valence-electron chi connectivity index (χ2n) is 6.32. The molecule has 146 valence electrons. The Hall–Kier alpha value is -3.03. The highest BCUT2D eigenvalue weighted by Crippen LogP contribution is 2.25. The van der Waals surface area contributed by atoms with Crippen molar-refractivity contribution in [2.45, 2.75) is 19.3 Å². The molecule has 6 nitrogen and oxygen atoms in total. The highest BCUT2D eigenvalue weighted by molar-refractivity contribution is 7.14. The molecule has 4 rings (SSSR count). The van der Waals surface area contributed by atoms with Gasteiger partial charge in [-0.2, -0.15) is 4.98 Å². The molecule has 0 aliphatic rings. The molecule has 0 aliphatic carbocycles. The molecule has 0 spiro atoms. The van der Waals surface area contributed by atoms with Crippen LogP contribution < -0.4 is 5.32 Å². The van der Waals surface area contributed by atoms with E-state index in [1.54, 1.807) is 12.1 Å². The molecule has 0 atom stereocenters. The zero-order valence-electron chi connectivity index (χ0n) is 15.3. The van der Waals surface area contributed by atoms with E-state index >= 15 is 0 Å². The second kappa shape index (κ2) is 8.98. The van der Waals surface area contributed by atoms with Crippen LogP contribution in [0.25, 0.3) is 22.6 Å². The number of amides is 1. The predicted octanol–water partition coefficient (Wildman–Crippen LogP) is 5.47. The van der Waals surface area contributed by atoms with Crippen molar-refractivity contribution >= 4 is 34.0 Å². The van der Waals surface area contributed by atoms with Gasteiger partial charge in [0, 0.05) is 34.4 Å². The van der Waals surface area contributed by atoms with Gasteiger partial charge >= 0.3 is 0 Å². The highest BCUT2D eigenvalue weighted by Gasteiger charge is 2.11. The van der Waals surface area contributed by atoms with E-state index in [4.69, 9.17) is 16.1 Å². The molecule has 29 heavy (non-hydrogen) atoms. The molecule has 0 saturated carbocycles. The zero-order chi connectivity index (χ0) is 20.1. The number of carbonyl (C=O) groups is 1. The summed E-state index contributed by atoms with van der Waals surface area (Å²) in [6.07, 6.45) is 1.48. The standard InChI is InChI=1S/C21H17ClN4O2S/c22-16-11-9-15(10-12-16)20-25-19(28-26-20)8-4-7-18(27)24-21-23-17(13-29-21)14-5-2-1-3-6-14/h1-3,5-6,9-13H,4,7-8H2,(H,23,24,27). The quantitative estimate of drug-likeness (QED) is 0.425. The van der Waals surface area contributed by atoms with Gasteiger partial charge in [-0.25, -0.2) is 4.98 Å². The normalized spacial score (nSPS) is 10.8. The third-order valence-corrected chi connectivity index (χ3v) is 5.19. The Morgan fingerprint density at radius 2 is 1.83 bits per heavy atom. The number of anilines is 1. The molecule has 1 N–H and O–H groups in total. The third kappa shape index (κ3) is 5.07. The number of aryl methyl sites for hydroxylation is 1. The van der Waals surface area contributed by atoms with Crippen LogP contribution in [0.5, 0.6) is 0 Å². The molecule has 8 heteroatoms. The van der Waals surface area contributed by atoms with Crippen molar-refractivity contribution < 1.29 is 9.32 Å². The van der Waals surface area contributed by atoms with Gasteiger partial charge in [0.25, 0.3) is 0 Å². The molecule has 0 saturated heterocycles. The van der Waals surface area contributed by atoms with E-state index in [-0.39, 0.29) is 5.91 Å². The average molecular weight is 425 g/mol. The first kappa shape index (κ1) is 19.3.